The second kappa shape index (κ2) is 8.40. The minimum absolute atomic E-state index is 0.240. The number of carbonyl (C=O) groups is 1. The molecule has 160 valence electrons. The number of hydrogen-bond donors (Lipinski definition) is 1. The number of aryl methyl sites for hydroxylation is 1. The predicted octanol–water partition coefficient (Wildman–Crippen LogP) is 4.01. The molecule has 3 aromatic heterocycles. The Morgan fingerprint density at radius 3 is 2.76 bits per heavy atom. The van der Waals surface area contributed by atoms with Crippen LogP contribution in [0.2, 0.25) is 0 Å². The molecule has 0 aliphatic carbocycles. The van der Waals surface area contributed by atoms with Crippen LogP contribution in [0.5, 0.6) is 0 Å². The fourth-order valence-corrected chi connectivity index (χ4v) is 3.26. The Hall–Kier alpha value is -4.77. The van der Waals surface area contributed by atoms with Crippen LogP contribution < -0.4 is 5.32 Å². The molecule has 5 rings (SSSR count). The molecule has 2 aromatic carbocycles. The van der Waals surface area contributed by atoms with E-state index in [0.717, 1.165) is 16.8 Å². The smallest absolute Gasteiger partial charge is 0.276 e. The van der Waals surface area contributed by atoms with Crippen molar-refractivity contribution in [1.29, 1.82) is 0 Å². The first-order valence-electron chi connectivity index (χ1n) is 10.1. The van der Waals surface area contributed by atoms with Gasteiger partial charge in [-0.05, 0) is 73.0 Å². The number of nitrogens with zero attached hydrogens (tertiary/aromatic N) is 5. The average molecular weight is 436 g/mol. The van der Waals surface area contributed by atoms with Crippen molar-refractivity contribution in [3.8, 4) is 17.5 Å². The van der Waals surface area contributed by atoms with Crippen LogP contribution in [-0.4, -0.2) is 30.3 Å². The van der Waals surface area contributed by atoms with Crippen LogP contribution in [0, 0.1) is 24.6 Å². The number of halogens is 1. The van der Waals surface area contributed by atoms with Gasteiger partial charge < -0.3 is 5.32 Å². The number of aromatic nitrogens is 5. The van der Waals surface area contributed by atoms with Crippen molar-refractivity contribution in [3.05, 3.63) is 108 Å². The summed E-state index contributed by atoms with van der Waals surface area (Å²) in [5.41, 5.74) is 4.64. The third kappa shape index (κ3) is 4.20. The fourth-order valence-electron chi connectivity index (χ4n) is 3.26. The molecule has 3 heterocycles. The molecular formula is C25H17FN6O. The number of amides is 1. The second-order valence-corrected chi connectivity index (χ2v) is 7.29. The van der Waals surface area contributed by atoms with Crippen molar-refractivity contribution in [2.45, 2.75) is 6.92 Å². The number of nitrogens with one attached hydrogen (secondary N) is 1. The molecule has 33 heavy (non-hydrogen) atoms. The van der Waals surface area contributed by atoms with Gasteiger partial charge in [0.2, 0.25) is 0 Å². The van der Waals surface area contributed by atoms with Gasteiger partial charge in [0.15, 0.2) is 11.3 Å². The van der Waals surface area contributed by atoms with E-state index in [1.807, 2.05) is 37.3 Å². The first-order valence-corrected chi connectivity index (χ1v) is 10.1. The summed E-state index contributed by atoms with van der Waals surface area (Å²) in [4.78, 5) is 17.0. The van der Waals surface area contributed by atoms with Gasteiger partial charge in [0.1, 0.15) is 11.5 Å². The van der Waals surface area contributed by atoms with Crippen LogP contribution in [0.15, 0.2) is 79.3 Å². The summed E-state index contributed by atoms with van der Waals surface area (Å²) in [7, 11) is 0. The molecule has 0 aliphatic rings. The summed E-state index contributed by atoms with van der Waals surface area (Å²) < 4.78 is 16.3. The molecule has 0 bridgehead atoms. The number of rotatable bonds is 3. The molecule has 7 nitrogen and oxygen atoms in total. The molecule has 0 atom stereocenters. The fraction of sp³-hybridized carbons (Fsp3) is 0.0400. The summed E-state index contributed by atoms with van der Waals surface area (Å²) >= 11 is 0. The van der Waals surface area contributed by atoms with Gasteiger partial charge >= 0.3 is 0 Å². The Bertz CT molecular complexity index is 1540. The average Bonchev–Trinajstić information content (AvgIpc) is 3.48. The van der Waals surface area contributed by atoms with Crippen molar-refractivity contribution in [3.63, 3.8) is 0 Å². The number of fused-ring (bicyclic) bond motifs is 1. The zero-order valence-electron chi connectivity index (χ0n) is 17.5. The quantitative estimate of drug-likeness (QED) is 0.434. The molecule has 0 saturated carbocycles. The molecule has 5 aromatic rings. The van der Waals surface area contributed by atoms with E-state index in [0.29, 0.717) is 17.1 Å². The number of carbonyl (C=O) groups excluding carboxylic acids is 1. The zero-order valence-corrected chi connectivity index (χ0v) is 17.5. The van der Waals surface area contributed by atoms with Gasteiger partial charge in [0.25, 0.3) is 5.91 Å². The highest BCUT2D eigenvalue weighted by atomic mass is 19.1. The molecule has 0 unspecified atom stereocenters. The van der Waals surface area contributed by atoms with E-state index < -0.39 is 0 Å². The third-order valence-corrected chi connectivity index (χ3v) is 5.01. The summed E-state index contributed by atoms with van der Waals surface area (Å²) in [6, 6.07) is 16.7. The molecule has 0 fully saturated rings. The van der Waals surface area contributed by atoms with Crippen LogP contribution in [0.1, 0.15) is 27.3 Å². The van der Waals surface area contributed by atoms with E-state index in [2.05, 4.69) is 32.3 Å². The number of imidazole rings is 1. The van der Waals surface area contributed by atoms with Gasteiger partial charge in [0, 0.05) is 23.6 Å². The van der Waals surface area contributed by atoms with E-state index >= 15 is 0 Å². The lowest BCUT2D eigenvalue weighted by molar-refractivity contribution is 0.102. The lowest BCUT2D eigenvalue weighted by Gasteiger charge is -2.06. The number of anilines is 1. The standard InChI is InChI=1S/C25H17FN6O/c1-17-4-8-20(15-18(17)5-9-22-16-27-24-3-2-13-28-32(22)24)29-25(33)23-12-14-31(30-23)21-10-6-19(26)7-11-21/h2-4,6-8,10-16H,1H3,(H,29,33). The van der Waals surface area contributed by atoms with Crippen molar-refractivity contribution >= 4 is 17.2 Å². The minimum atomic E-state index is -0.357. The molecule has 0 aliphatic heterocycles. The summed E-state index contributed by atoms with van der Waals surface area (Å²) in [5.74, 6) is 5.54. The Morgan fingerprint density at radius 2 is 1.91 bits per heavy atom. The first-order chi connectivity index (χ1) is 16.1. The Balaban J connectivity index is 1.36. The number of benzene rings is 2. The lowest BCUT2D eigenvalue weighted by atomic mass is 10.1. The summed E-state index contributed by atoms with van der Waals surface area (Å²) in [6.07, 6.45) is 5.00. The molecule has 1 N–H and O–H groups in total. The van der Waals surface area contributed by atoms with Gasteiger partial charge in [-0.2, -0.15) is 10.2 Å². The van der Waals surface area contributed by atoms with Crippen molar-refractivity contribution in [2.24, 2.45) is 0 Å². The predicted molar refractivity (Wildman–Crippen MR) is 122 cm³/mol. The third-order valence-electron chi connectivity index (χ3n) is 5.01. The Kier molecular flexibility index (Phi) is 5.13. The zero-order chi connectivity index (χ0) is 22.8. The van der Waals surface area contributed by atoms with Crippen molar-refractivity contribution in [1.82, 2.24) is 24.4 Å². The van der Waals surface area contributed by atoms with Crippen LogP contribution in [0.3, 0.4) is 0 Å². The molecule has 1 amide bonds. The Morgan fingerprint density at radius 1 is 1.06 bits per heavy atom. The maximum atomic E-state index is 13.1. The maximum absolute atomic E-state index is 13.1. The molecule has 0 saturated heterocycles. The lowest BCUT2D eigenvalue weighted by Crippen LogP contribution is -2.13. The van der Waals surface area contributed by atoms with Gasteiger partial charge in [-0.25, -0.2) is 18.6 Å². The van der Waals surface area contributed by atoms with E-state index in [1.165, 1.54) is 16.8 Å². The number of hydrogen-bond acceptors (Lipinski definition) is 4. The van der Waals surface area contributed by atoms with Gasteiger partial charge in [-0.1, -0.05) is 12.0 Å². The highest BCUT2D eigenvalue weighted by molar-refractivity contribution is 6.02. The van der Waals surface area contributed by atoms with Gasteiger partial charge in [-0.15, -0.1) is 0 Å². The second-order valence-electron chi connectivity index (χ2n) is 7.29. The van der Waals surface area contributed by atoms with Gasteiger partial charge in [-0.3, -0.25) is 4.79 Å². The van der Waals surface area contributed by atoms with Gasteiger partial charge in [0.05, 0.1) is 11.9 Å². The summed E-state index contributed by atoms with van der Waals surface area (Å²) in [6.45, 7) is 1.95. The molecule has 0 spiro atoms. The molecular weight excluding hydrogens is 419 g/mol. The highest BCUT2D eigenvalue weighted by Gasteiger charge is 2.11. The van der Waals surface area contributed by atoms with E-state index in [9.17, 15) is 9.18 Å². The van der Waals surface area contributed by atoms with E-state index in [-0.39, 0.29) is 17.4 Å². The minimum Gasteiger partial charge on any atom is -0.321 e. The molecule has 8 heteroatoms. The van der Waals surface area contributed by atoms with Crippen molar-refractivity contribution in [2.75, 3.05) is 5.32 Å². The monoisotopic (exact) mass is 436 g/mol. The molecule has 0 radical (unpaired) electrons. The SMILES string of the molecule is Cc1ccc(NC(=O)c2ccn(-c3ccc(F)cc3)n2)cc1C#Cc1cnc2cccnn12. The topological polar surface area (TPSA) is 77.1 Å². The first kappa shape index (κ1) is 20.2. The van der Waals surface area contributed by atoms with Crippen LogP contribution in [0.4, 0.5) is 10.1 Å². The van der Waals surface area contributed by atoms with Crippen LogP contribution >= 0.6 is 0 Å². The van der Waals surface area contributed by atoms with Crippen LogP contribution in [-0.2, 0) is 0 Å². The van der Waals surface area contributed by atoms with Crippen LogP contribution in [0.25, 0.3) is 11.3 Å². The summed E-state index contributed by atoms with van der Waals surface area (Å²) in [5, 5.41) is 11.4. The Labute approximate surface area is 188 Å². The van der Waals surface area contributed by atoms with E-state index in [1.54, 1.807) is 41.3 Å². The normalized spacial score (nSPS) is 10.6. The largest absolute Gasteiger partial charge is 0.321 e. The van der Waals surface area contributed by atoms with Crippen molar-refractivity contribution < 1.29 is 9.18 Å². The highest BCUT2D eigenvalue weighted by Crippen LogP contribution is 2.16. The van der Waals surface area contributed by atoms with E-state index in [4.69, 9.17) is 0 Å². The maximum Gasteiger partial charge on any atom is 0.276 e.